The first-order chi connectivity index (χ1) is 14.0. The molecule has 1 amide bonds. The van der Waals surface area contributed by atoms with Crippen molar-refractivity contribution in [1.29, 1.82) is 0 Å². The topological polar surface area (TPSA) is 65.7 Å². The first-order valence-corrected chi connectivity index (χ1v) is 10.7. The molecule has 2 fully saturated rings. The van der Waals surface area contributed by atoms with E-state index in [-0.39, 0.29) is 5.91 Å². The number of carbonyl (C=O) groups is 1. The number of piperidine rings is 1. The van der Waals surface area contributed by atoms with Crippen molar-refractivity contribution in [2.75, 3.05) is 44.2 Å². The fraction of sp³-hybridized carbons (Fsp3) is 0.571. The van der Waals surface area contributed by atoms with Crippen LogP contribution in [-0.2, 0) is 6.54 Å². The van der Waals surface area contributed by atoms with Crippen LogP contribution >= 0.6 is 11.6 Å². The van der Waals surface area contributed by atoms with Gasteiger partial charge in [0.15, 0.2) is 0 Å². The van der Waals surface area contributed by atoms with Crippen molar-refractivity contribution in [3.8, 4) is 0 Å². The van der Waals surface area contributed by atoms with Crippen molar-refractivity contribution in [1.82, 2.24) is 19.9 Å². The Morgan fingerprint density at radius 3 is 2.45 bits per heavy atom. The average Bonchev–Trinajstić information content (AvgIpc) is 3.06. The van der Waals surface area contributed by atoms with Gasteiger partial charge in [0.25, 0.3) is 5.91 Å². The van der Waals surface area contributed by atoms with Gasteiger partial charge in [-0.25, -0.2) is 4.98 Å². The fourth-order valence-electron chi connectivity index (χ4n) is 4.13. The number of anilines is 1. The van der Waals surface area contributed by atoms with Crippen molar-refractivity contribution in [2.45, 2.75) is 39.7 Å². The predicted octanol–water partition coefficient (Wildman–Crippen LogP) is 3.29. The molecule has 4 heterocycles. The summed E-state index contributed by atoms with van der Waals surface area (Å²) in [6.07, 6.45) is 5.02. The fourth-order valence-corrected chi connectivity index (χ4v) is 4.41. The van der Waals surface area contributed by atoms with E-state index in [2.05, 4.69) is 19.9 Å². The second-order valence-electron chi connectivity index (χ2n) is 7.95. The number of aryl methyl sites for hydroxylation is 2. The summed E-state index contributed by atoms with van der Waals surface area (Å²) in [5, 5.41) is 4.59. The second kappa shape index (κ2) is 8.71. The van der Waals surface area contributed by atoms with Crippen LogP contribution < -0.4 is 4.90 Å². The summed E-state index contributed by atoms with van der Waals surface area (Å²) < 4.78 is 5.27. The lowest BCUT2D eigenvalue weighted by Crippen LogP contribution is -2.46. The Kier molecular flexibility index (Phi) is 6.06. The van der Waals surface area contributed by atoms with Gasteiger partial charge in [-0.2, -0.15) is 0 Å². The van der Waals surface area contributed by atoms with Crippen LogP contribution in [0.5, 0.6) is 0 Å². The minimum absolute atomic E-state index is 0.0370. The highest BCUT2D eigenvalue weighted by molar-refractivity contribution is 6.33. The number of hydrogen-bond donors (Lipinski definition) is 0. The highest BCUT2D eigenvalue weighted by atomic mass is 35.5. The van der Waals surface area contributed by atoms with Gasteiger partial charge in [0, 0.05) is 57.6 Å². The Hall–Kier alpha value is -2.12. The molecule has 156 valence electrons. The molecule has 0 spiro atoms. The largest absolute Gasteiger partial charge is 0.361 e. The smallest absolute Gasteiger partial charge is 0.255 e. The molecule has 2 aromatic heterocycles. The molecule has 29 heavy (non-hydrogen) atoms. The Labute approximate surface area is 176 Å². The van der Waals surface area contributed by atoms with Gasteiger partial charge in [-0.15, -0.1) is 0 Å². The van der Waals surface area contributed by atoms with E-state index < -0.39 is 0 Å². The minimum Gasteiger partial charge on any atom is -0.361 e. The zero-order valence-corrected chi connectivity index (χ0v) is 17.9. The molecule has 0 radical (unpaired) electrons. The molecule has 4 rings (SSSR count). The van der Waals surface area contributed by atoms with Gasteiger partial charge in [0.2, 0.25) is 0 Å². The number of halogens is 1. The number of aromatic nitrogens is 2. The van der Waals surface area contributed by atoms with Gasteiger partial charge in [-0.1, -0.05) is 16.8 Å². The molecule has 7 nitrogen and oxygen atoms in total. The van der Waals surface area contributed by atoms with Crippen LogP contribution in [0.25, 0.3) is 0 Å². The standard InChI is InChI=1S/C21H28ClN5O2/c1-15-18(16(2)29-24-15)14-25-8-10-26(11-9-25)20-19(22)12-17(13-23-20)21(28)27-6-4-3-5-7-27/h12-13H,3-11,14H2,1-2H3. The molecule has 0 bridgehead atoms. The first kappa shape index (κ1) is 20.2. The number of piperazine rings is 1. The molecule has 0 unspecified atom stereocenters. The first-order valence-electron chi connectivity index (χ1n) is 10.4. The van der Waals surface area contributed by atoms with E-state index in [1.807, 2.05) is 18.7 Å². The summed E-state index contributed by atoms with van der Waals surface area (Å²) in [4.78, 5) is 23.7. The molecule has 2 aromatic rings. The SMILES string of the molecule is Cc1noc(C)c1CN1CCN(c2ncc(C(=O)N3CCCCC3)cc2Cl)CC1. The normalized spacial score (nSPS) is 18.3. The lowest BCUT2D eigenvalue weighted by molar-refractivity contribution is 0.0724. The highest BCUT2D eigenvalue weighted by Crippen LogP contribution is 2.27. The van der Waals surface area contributed by atoms with Crippen LogP contribution in [0.1, 0.15) is 46.6 Å². The van der Waals surface area contributed by atoms with Crippen LogP contribution in [0.4, 0.5) is 5.82 Å². The third-order valence-electron chi connectivity index (χ3n) is 5.95. The van der Waals surface area contributed by atoms with Gasteiger partial charge in [0.05, 0.1) is 16.3 Å². The van der Waals surface area contributed by atoms with E-state index in [9.17, 15) is 4.79 Å². The van der Waals surface area contributed by atoms with Gasteiger partial charge >= 0.3 is 0 Å². The van der Waals surface area contributed by atoms with E-state index >= 15 is 0 Å². The molecule has 2 aliphatic heterocycles. The Morgan fingerprint density at radius 2 is 1.83 bits per heavy atom. The van der Waals surface area contributed by atoms with Crippen LogP contribution in [0.2, 0.25) is 5.02 Å². The molecular weight excluding hydrogens is 390 g/mol. The number of hydrogen-bond acceptors (Lipinski definition) is 6. The summed E-state index contributed by atoms with van der Waals surface area (Å²) in [5.74, 6) is 1.69. The maximum absolute atomic E-state index is 12.7. The third-order valence-corrected chi connectivity index (χ3v) is 6.22. The highest BCUT2D eigenvalue weighted by Gasteiger charge is 2.24. The van der Waals surface area contributed by atoms with Crippen molar-refractivity contribution < 1.29 is 9.32 Å². The molecule has 8 heteroatoms. The summed E-state index contributed by atoms with van der Waals surface area (Å²) in [6, 6.07) is 1.77. The van der Waals surface area contributed by atoms with Crippen molar-refractivity contribution in [3.63, 3.8) is 0 Å². The average molecular weight is 418 g/mol. The second-order valence-corrected chi connectivity index (χ2v) is 8.36. The number of carbonyl (C=O) groups excluding carboxylic acids is 1. The molecule has 0 aliphatic carbocycles. The zero-order valence-electron chi connectivity index (χ0n) is 17.2. The maximum atomic E-state index is 12.7. The summed E-state index contributed by atoms with van der Waals surface area (Å²) in [6.45, 7) is 9.95. The van der Waals surface area contributed by atoms with E-state index in [0.717, 1.165) is 75.9 Å². The Balaban J connectivity index is 1.37. The summed E-state index contributed by atoms with van der Waals surface area (Å²) in [5.41, 5.74) is 2.72. The molecular formula is C21H28ClN5O2. The van der Waals surface area contributed by atoms with Crippen LogP contribution in [0, 0.1) is 13.8 Å². The quantitative estimate of drug-likeness (QED) is 0.760. The third kappa shape index (κ3) is 4.41. The lowest BCUT2D eigenvalue weighted by atomic mass is 10.1. The van der Waals surface area contributed by atoms with Crippen molar-refractivity contribution >= 4 is 23.3 Å². The number of pyridine rings is 1. The molecule has 2 aliphatic rings. The van der Waals surface area contributed by atoms with Gasteiger partial charge in [-0.05, 0) is 39.2 Å². The van der Waals surface area contributed by atoms with E-state index in [0.29, 0.717) is 10.6 Å². The minimum atomic E-state index is 0.0370. The van der Waals surface area contributed by atoms with Gasteiger partial charge in [0.1, 0.15) is 11.6 Å². The molecule has 0 N–H and O–H groups in total. The summed E-state index contributed by atoms with van der Waals surface area (Å²) in [7, 11) is 0. The number of amides is 1. The molecule has 0 atom stereocenters. The van der Waals surface area contributed by atoms with E-state index in [1.165, 1.54) is 12.0 Å². The molecule has 2 saturated heterocycles. The maximum Gasteiger partial charge on any atom is 0.255 e. The van der Waals surface area contributed by atoms with Gasteiger partial charge in [-0.3, -0.25) is 9.69 Å². The zero-order chi connectivity index (χ0) is 20.4. The van der Waals surface area contributed by atoms with Crippen LogP contribution in [0.15, 0.2) is 16.8 Å². The van der Waals surface area contributed by atoms with Crippen molar-refractivity contribution in [3.05, 3.63) is 39.9 Å². The Morgan fingerprint density at radius 1 is 1.10 bits per heavy atom. The molecule has 0 saturated carbocycles. The Bertz CT molecular complexity index is 850. The van der Waals surface area contributed by atoms with Crippen LogP contribution in [0.3, 0.4) is 0 Å². The summed E-state index contributed by atoms with van der Waals surface area (Å²) >= 11 is 6.53. The van der Waals surface area contributed by atoms with Crippen LogP contribution in [-0.4, -0.2) is 65.1 Å². The van der Waals surface area contributed by atoms with E-state index in [4.69, 9.17) is 16.1 Å². The molecule has 0 aromatic carbocycles. The van der Waals surface area contributed by atoms with E-state index in [1.54, 1.807) is 12.3 Å². The number of likely N-dealkylation sites (tertiary alicyclic amines) is 1. The van der Waals surface area contributed by atoms with Crippen molar-refractivity contribution in [2.24, 2.45) is 0 Å². The monoisotopic (exact) mass is 417 g/mol. The number of nitrogens with zero attached hydrogens (tertiary/aromatic N) is 5. The predicted molar refractivity (Wildman–Crippen MR) is 112 cm³/mol. The number of rotatable bonds is 4. The lowest BCUT2D eigenvalue weighted by Gasteiger charge is -2.35. The van der Waals surface area contributed by atoms with Gasteiger partial charge < -0.3 is 14.3 Å².